The van der Waals surface area contributed by atoms with Crippen molar-refractivity contribution < 1.29 is 50.0 Å². The fraction of sp³-hybridized carbons (Fsp3) is 0.667. The third-order valence-corrected chi connectivity index (χ3v) is 5.09. The Balaban J connectivity index is 1.71. The zero-order valence-corrected chi connectivity index (χ0v) is 15.4. The summed E-state index contributed by atoms with van der Waals surface area (Å²) in [6.07, 6.45) is -14.2. The Morgan fingerprint density at radius 1 is 0.759 bits per heavy atom. The van der Waals surface area contributed by atoms with E-state index in [1.165, 1.54) is 0 Å². The lowest BCUT2D eigenvalue weighted by Crippen LogP contribution is -2.65. The molecule has 0 bridgehead atoms. The molecule has 11 nitrogen and oxygen atoms in total. The smallest absolute Gasteiger partial charge is 0.187 e. The van der Waals surface area contributed by atoms with Crippen molar-refractivity contribution >= 4 is 5.69 Å². The van der Waals surface area contributed by atoms with Gasteiger partial charge in [-0.1, -0.05) is 18.2 Å². The minimum atomic E-state index is -1.70. The van der Waals surface area contributed by atoms with E-state index in [4.69, 9.17) is 14.2 Å². The van der Waals surface area contributed by atoms with Crippen LogP contribution in [-0.2, 0) is 14.2 Å². The molecule has 0 aromatic heterocycles. The molecule has 1 aromatic rings. The summed E-state index contributed by atoms with van der Waals surface area (Å²) < 4.78 is 16.4. The highest BCUT2D eigenvalue weighted by molar-refractivity contribution is 5.43. The number of nitrogens with one attached hydrogen (secondary N) is 1. The minimum Gasteiger partial charge on any atom is -0.394 e. The van der Waals surface area contributed by atoms with Gasteiger partial charge in [0, 0.05) is 5.69 Å². The van der Waals surface area contributed by atoms with Crippen LogP contribution in [-0.4, -0.2) is 110 Å². The van der Waals surface area contributed by atoms with Crippen LogP contribution < -0.4 is 5.32 Å². The number of benzene rings is 1. The first-order chi connectivity index (χ1) is 13.9. The van der Waals surface area contributed by atoms with E-state index in [1.807, 2.05) is 0 Å². The summed E-state index contributed by atoms with van der Waals surface area (Å²) in [6, 6.07) is 8.80. The summed E-state index contributed by atoms with van der Waals surface area (Å²) in [7, 11) is 0. The topological polar surface area (TPSA) is 181 Å². The quantitative estimate of drug-likeness (QED) is 0.232. The summed E-state index contributed by atoms with van der Waals surface area (Å²) in [5, 5.41) is 72.6. The molecule has 0 spiro atoms. The van der Waals surface area contributed by atoms with Gasteiger partial charge in [0.05, 0.1) is 13.2 Å². The van der Waals surface area contributed by atoms with Crippen molar-refractivity contribution in [2.75, 3.05) is 18.5 Å². The summed E-state index contributed by atoms with van der Waals surface area (Å²) in [6.45, 7) is -1.23. The molecule has 2 fully saturated rings. The molecule has 0 saturated carbocycles. The molecule has 0 amide bonds. The molecular formula is C18H27NO10. The van der Waals surface area contributed by atoms with Crippen molar-refractivity contribution in [2.24, 2.45) is 0 Å². The first-order valence-electron chi connectivity index (χ1n) is 9.27. The molecule has 2 heterocycles. The highest BCUT2D eigenvalue weighted by atomic mass is 16.7. The van der Waals surface area contributed by atoms with Crippen LogP contribution in [0.4, 0.5) is 5.69 Å². The lowest BCUT2D eigenvalue weighted by molar-refractivity contribution is -0.340. The van der Waals surface area contributed by atoms with Gasteiger partial charge >= 0.3 is 0 Å². The van der Waals surface area contributed by atoms with Gasteiger partial charge in [-0.15, -0.1) is 0 Å². The highest BCUT2D eigenvalue weighted by Crippen LogP contribution is 2.29. The molecule has 2 saturated heterocycles. The Morgan fingerprint density at radius 3 is 2.03 bits per heavy atom. The largest absolute Gasteiger partial charge is 0.394 e. The fourth-order valence-electron chi connectivity index (χ4n) is 3.41. The maximum Gasteiger partial charge on any atom is 0.187 e. The molecule has 8 N–H and O–H groups in total. The van der Waals surface area contributed by atoms with Crippen molar-refractivity contribution in [2.45, 2.75) is 61.3 Å². The van der Waals surface area contributed by atoms with E-state index in [-0.39, 0.29) is 0 Å². The molecule has 11 heteroatoms. The van der Waals surface area contributed by atoms with Gasteiger partial charge in [0.1, 0.15) is 48.8 Å². The second-order valence-electron chi connectivity index (χ2n) is 7.07. The summed E-state index contributed by atoms with van der Waals surface area (Å²) in [4.78, 5) is 0. The van der Waals surface area contributed by atoms with Gasteiger partial charge in [-0.2, -0.15) is 0 Å². The van der Waals surface area contributed by atoms with E-state index in [1.54, 1.807) is 30.3 Å². The Hall–Kier alpha value is -1.38. The van der Waals surface area contributed by atoms with Crippen LogP contribution in [0.5, 0.6) is 0 Å². The number of para-hydroxylation sites is 1. The molecule has 29 heavy (non-hydrogen) atoms. The van der Waals surface area contributed by atoms with Gasteiger partial charge in [-0.05, 0) is 12.1 Å². The molecule has 2 aliphatic heterocycles. The van der Waals surface area contributed by atoms with Crippen LogP contribution >= 0.6 is 0 Å². The maximum atomic E-state index is 10.5. The average Bonchev–Trinajstić information content (AvgIpc) is 2.74. The van der Waals surface area contributed by atoms with E-state index in [2.05, 4.69) is 5.32 Å². The summed E-state index contributed by atoms with van der Waals surface area (Å²) >= 11 is 0. The van der Waals surface area contributed by atoms with E-state index < -0.39 is 74.6 Å². The van der Waals surface area contributed by atoms with E-state index in [9.17, 15) is 35.7 Å². The normalized spacial score (nSPS) is 43.1. The first-order valence-corrected chi connectivity index (χ1v) is 9.27. The Kier molecular flexibility index (Phi) is 7.40. The molecule has 1 unspecified atom stereocenters. The third kappa shape index (κ3) is 4.70. The van der Waals surface area contributed by atoms with Crippen molar-refractivity contribution in [1.29, 1.82) is 0 Å². The Morgan fingerprint density at radius 2 is 1.41 bits per heavy atom. The second-order valence-corrected chi connectivity index (χ2v) is 7.07. The second kappa shape index (κ2) is 9.62. The molecule has 10 atom stereocenters. The number of hydrogen-bond acceptors (Lipinski definition) is 11. The molecule has 0 aliphatic carbocycles. The zero-order chi connectivity index (χ0) is 21.1. The first kappa shape index (κ1) is 22.3. The number of rotatable bonds is 6. The number of ether oxygens (including phenoxy) is 3. The van der Waals surface area contributed by atoms with Crippen molar-refractivity contribution in [3.05, 3.63) is 30.3 Å². The molecule has 2 aliphatic rings. The number of aliphatic hydroxyl groups excluding tert-OH is 7. The fourth-order valence-corrected chi connectivity index (χ4v) is 3.41. The number of aliphatic hydroxyl groups is 7. The lowest BCUT2D eigenvalue weighted by atomic mass is 9.96. The number of hydrogen-bond donors (Lipinski definition) is 8. The van der Waals surface area contributed by atoms with Crippen LogP contribution in [0.1, 0.15) is 0 Å². The van der Waals surface area contributed by atoms with Crippen LogP contribution in [0.2, 0.25) is 0 Å². The maximum absolute atomic E-state index is 10.5. The molecular weight excluding hydrogens is 390 g/mol. The van der Waals surface area contributed by atoms with Crippen LogP contribution in [0.3, 0.4) is 0 Å². The van der Waals surface area contributed by atoms with Crippen LogP contribution in [0.25, 0.3) is 0 Å². The van der Waals surface area contributed by atoms with Crippen molar-refractivity contribution in [3.8, 4) is 0 Å². The summed E-state index contributed by atoms with van der Waals surface area (Å²) in [5.41, 5.74) is 0.619. The third-order valence-electron chi connectivity index (χ3n) is 5.09. The van der Waals surface area contributed by atoms with E-state index in [0.717, 1.165) is 0 Å². The molecule has 1 aromatic carbocycles. The van der Waals surface area contributed by atoms with E-state index in [0.29, 0.717) is 5.69 Å². The van der Waals surface area contributed by atoms with Crippen molar-refractivity contribution in [3.63, 3.8) is 0 Å². The molecule has 3 rings (SSSR count). The molecule has 164 valence electrons. The van der Waals surface area contributed by atoms with Gasteiger partial charge in [0.15, 0.2) is 12.5 Å². The Labute approximate surface area is 166 Å². The monoisotopic (exact) mass is 417 g/mol. The molecule has 0 radical (unpaired) electrons. The average molecular weight is 417 g/mol. The van der Waals surface area contributed by atoms with Gasteiger partial charge in [0.25, 0.3) is 0 Å². The number of anilines is 1. The van der Waals surface area contributed by atoms with Crippen LogP contribution in [0, 0.1) is 0 Å². The zero-order valence-electron chi connectivity index (χ0n) is 15.4. The standard InChI is InChI=1S/C18H27NO10/c20-6-9-11(22)12(23)15(26)18(28-9)29-16-10(7-21)27-17(14(25)13(16)24)19-8-4-2-1-3-5-8/h1-5,9-26H,6-7H2/t9-,10-,11+,12+,13-,14-,15-,16-,17-,18?/m1/s1. The summed E-state index contributed by atoms with van der Waals surface area (Å²) in [5.74, 6) is 0. The van der Waals surface area contributed by atoms with Gasteiger partial charge in [0.2, 0.25) is 0 Å². The highest BCUT2D eigenvalue weighted by Gasteiger charge is 2.50. The van der Waals surface area contributed by atoms with Gasteiger partial charge in [-0.25, -0.2) is 0 Å². The predicted octanol–water partition coefficient (Wildman–Crippen LogP) is -3.28. The Bertz CT molecular complexity index is 632. The van der Waals surface area contributed by atoms with Crippen molar-refractivity contribution in [1.82, 2.24) is 0 Å². The van der Waals surface area contributed by atoms with Gasteiger partial charge < -0.3 is 55.3 Å². The lowest BCUT2D eigenvalue weighted by Gasteiger charge is -2.46. The van der Waals surface area contributed by atoms with Crippen LogP contribution in [0.15, 0.2) is 30.3 Å². The SMILES string of the molecule is OC[C@H]1OC(O[C@H]2[C@H](O)[C@@H](O)[C@H](Nc3ccccc3)O[C@@H]2CO)[C@H](O)[C@@H](O)[C@H]1O. The minimum absolute atomic E-state index is 0.584. The van der Waals surface area contributed by atoms with Gasteiger partial charge in [-0.3, -0.25) is 0 Å². The predicted molar refractivity (Wildman–Crippen MR) is 96.5 cm³/mol. The van der Waals surface area contributed by atoms with E-state index >= 15 is 0 Å².